The fraction of sp³-hybridized carbons (Fsp3) is 1.00. The molecule has 4 heavy (non-hydrogen) atoms. The van der Waals surface area contributed by atoms with Crippen LogP contribution in [-0.4, -0.2) is 9.93 Å². The van der Waals surface area contributed by atoms with Crippen molar-refractivity contribution in [2.45, 2.75) is 5.14 Å². The van der Waals surface area contributed by atoms with E-state index < -0.39 is 0 Å². The summed E-state index contributed by atoms with van der Waals surface area (Å²) >= 11 is -0.289. The molecule has 0 saturated heterocycles. The van der Waals surface area contributed by atoms with Crippen molar-refractivity contribution in [1.29, 1.82) is 0 Å². The van der Waals surface area contributed by atoms with Gasteiger partial charge in [0.05, 0.1) is 0 Å². The van der Waals surface area contributed by atoms with Gasteiger partial charge in [0, 0.05) is 0 Å². The molecule has 0 aliphatic carbocycles. The van der Waals surface area contributed by atoms with Crippen molar-refractivity contribution in [2.75, 3.05) is 4.82 Å². The van der Waals surface area contributed by atoms with E-state index >= 15 is 0 Å². The van der Waals surface area contributed by atoms with E-state index in [-0.39, 0.29) is 19.8 Å². The molecule has 0 aromatic carbocycles. The summed E-state index contributed by atoms with van der Waals surface area (Å²) in [5.41, 5.74) is 0. The number of rotatable bonds is 1. The van der Waals surface area contributed by atoms with E-state index in [0.29, 0.717) is 4.82 Å². The van der Waals surface area contributed by atoms with Crippen LogP contribution in [0.25, 0.3) is 0 Å². The fourth-order valence-electron chi connectivity index (χ4n) is 0. The molecule has 0 fully saturated rings. The van der Waals surface area contributed by atoms with E-state index in [2.05, 4.69) is 5.14 Å². The molecule has 0 aromatic heterocycles. The Hall–Kier alpha value is 0.700. The zero-order valence-corrected chi connectivity index (χ0v) is 5.81. The quantitative estimate of drug-likeness (QED) is 0.671. The summed E-state index contributed by atoms with van der Waals surface area (Å²) in [5, 5.41) is 10.1. The van der Waals surface area contributed by atoms with Crippen LogP contribution < -0.4 is 0 Å². The molecule has 1 nitrogen and oxygen atoms in total. The molecule has 0 saturated carbocycles. The molecule has 0 atom stereocenters. The van der Waals surface area contributed by atoms with E-state index in [1.807, 2.05) is 0 Å². The second-order valence-electron chi connectivity index (χ2n) is 0.458. The standard InChI is InChI=1S/CH3O.CH3.Ta/c1-2;;/h2H,1H2;1H3;. The Balaban J connectivity index is 1.97. The van der Waals surface area contributed by atoms with Crippen LogP contribution in [0.2, 0.25) is 5.14 Å². The summed E-state index contributed by atoms with van der Waals surface area (Å²) in [6.45, 7) is 0. The summed E-state index contributed by atoms with van der Waals surface area (Å²) in [7, 11) is 0. The number of hydrogen-bond acceptors (Lipinski definition) is 1. The first-order valence-electron chi connectivity index (χ1n) is 1.08. The first-order chi connectivity index (χ1) is 1.91. The Bertz CT molecular complexity index is 8.00. The summed E-state index contributed by atoms with van der Waals surface area (Å²) in [6.07, 6.45) is 0. The second kappa shape index (κ2) is 3.70. The van der Waals surface area contributed by atoms with Gasteiger partial charge < -0.3 is 0 Å². The van der Waals surface area contributed by atoms with Gasteiger partial charge in [0.2, 0.25) is 0 Å². The third kappa shape index (κ3) is 2.70. The minimum absolute atomic E-state index is 0.289. The molecule has 0 rings (SSSR count). The van der Waals surface area contributed by atoms with Crippen LogP contribution in [0.4, 0.5) is 0 Å². The van der Waals surface area contributed by atoms with Crippen LogP contribution >= 0.6 is 0 Å². The summed E-state index contributed by atoms with van der Waals surface area (Å²) in [5.74, 6) is 0. The second-order valence-corrected chi connectivity index (χ2v) is 3.75. The van der Waals surface area contributed by atoms with Gasteiger partial charge in [-0.2, -0.15) is 0 Å². The number of hydrogen-bond donors (Lipinski definition) is 1. The van der Waals surface area contributed by atoms with Crippen molar-refractivity contribution in [3.8, 4) is 0 Å². The van der Waals surface area contributed by atoms with Crippen LogP contribution in [0.1, 0.15) is 0 Å². The van der Waals surface area contributed by atoms with Gasteiger partial charge in [0.15, 0.2) is 0 Å². The van der Waals surface area contributed by atoms with Crippen molar-refractivity contribution in [3.05, 3.63) is 0 Å². The first-order valence-corrected chi connectivity index (χ1v) is 6.57. The third-order valence-corrected chi connectivity index (χ3v) is 1.16. The Kier molecular flexibility index (Phi) is 4.35. The van der Waals surface area contributed by atoms with Gasteiger partial charge in [-0.15, -0.1) is 0 Å². The molecule has 0 aliphatic heterocycles. The van der Waals surface area contributed by atoms with Crippen molar-refractivity contribution < 1.29 is 24.9 Å². The van der Waals surface area contributed by atoms with Crippen LogP contribution in [0.15, 0.2) is 0 Å². The molecule has 0 radical (unpaired) electrons. The van der Waals surface area contributed by atoms with Crippen LogP contribution in [0.5, 0.6) is 0 Å². The van der Waals surface area contributed by atoms with E-state index in [9.17, 15) is 0 Å². The van der Waals surface area contributed by atoms with Gasteiger partial charge >= 0.3 is 34.8 Å². The van der Waals surface area contributed by atoms with E-state index in [0.717, 1.165) is 0 Å². The predicted octanol–water partition coefficient (Wildman–Crippen LogP) is 0.0668. The molecule has 0 aliphatic rings. The van der Waals surface area contributed by atoms with Gasteiger partial charge in [-0.1, -0.05) is 0 Å². The zero-order chi connectivity index (χ0) is 3.41. The average Bonchev–Trinajstić information content (AvgIpc) is 1.37. The van der Waals surface area contributed by atoms with Gasteiger partial charge in [0.25, 0.3) is 0 Å². The van der Waals surface area contributed by atoms with E-state index in [1.165, 1.54) is 0 Å². The van der Waals surface area contributed by atoms with E-state index in [4.69, 9.17) is 5.11 Å². The van der Waals surface area contributed by atoms with Crippen molar-refractivity contribution in [3.63, 3.8) is 0 Å². The van der Waals surface area contributed by atoms with Crippen LogP contribution in [0.3, 0.4) is 0 Å². The average molecular weight is 227 g/mol. The molecule has 2 heteroatoms. The Morgan fingerprint density at radius 1 is 2.00 bits per heavy atom. The normalized spacial score (nSPS) is 6.50. The van der Waals surface area contributed by atoms with Crippen molar-refractivity contribution in [1.82, 2.24) is 0 Å². The number of aliphatic hydroxyl groups is 1. The molecule has 0 unspecified atom stereocenters. The molecule has 0 spiro atoms. The summed E-state index contributed by atoms with van der Waals surface area (Å²) in [4.78, 5) is 0.500. The monoisotopic (exact) mass is 227 g/mol. The minimum atomic E-state index is -0.289. The molecule has 0 heterocycles. The zero-order valence-electron chi connectivity index (χ0n) is 2.60. The van der Waals surface area contributed by atoms with Crippen molar-refractivity contribution >= 4 is 0 Å². The van der Waals surface area contributed by atoms with Crippen LogP contribution in [0, 0.1) is 0 Å². The third-order valence-electron chi connectivity index (χ3n) is 0.141. The predicted molar refractivity (Wildman–Crippen MR) is 12.9 cm³/mol. The molecule has 0 amide bonds. The topological polar surface area (TPSA) is 20.2 Å². The first kappa shape index (κ1) is 4.70. The van der Waals surface area contributed by atoms with Gasteiger partial charge in [-0.3, -0.25) is 0 Å². The van der Waals surface area contributed by atoms with Gasteiger partial charge in [0.1, 0.15) is 0 Å². The number of aliphatic hydroxyl groups excluding tert-OH is 1. The van der Waals surface area contributed by atoms with Gasteiger partial charge in [-0.25, -0.2) is 0 Å². The fourth-order valence-corrected chi connectivity index (χ4v) is 0. The molecular formula is C2H6OTa. The van der Waals surface area contributed by atoms with Crippen molar-refractivity contribution in [2.24, 2.45) is 0 Å². The SMILES string of the molecule is [CH3][Ta][CH2]O. The molecule has 1 N–H and O–H groups in total. The van der Waals surface area contributed by atoms with E-state index in [1.54, 1.807) is 0 Å². The van der Waals surface area contributed by atoms with Crippen LogP contribution in [-0.2, 0) is 19.8 Å². The Labute approximate surface area is 35.3 Å². The van der Waals surface area contributed by atoms with Gasteiger partial charge in [-0.05, 0) is 0 Å². The summed E-state index contributed by atoms with van der Waals surface area (Å²) < 4.78 is 0. The molecular weight excluding hydrogens is 221 g/mol. The summed E-state index contributed by atoms with van der Waals surface area (Å²) in [6, 6.07) is 0. The molecule has 25 valence electrons. The Morgan fingerprint density at radius 2 is 2.25 bits per heavy atom. The molecule has 0 aromatic rings. The Morgan fingerprint density at radius 3 is 2.25 bits per heavy atom. The maximum absolute atomic E-state index is 7.96. The maximum atomic E-state index is 7.96. The molecule has 0 bridgehead atoms.